The smallest absolute Gasteiger partial charge is 0.416 e. The minimum Gasteiger partial charge on any atom is -0.481 e. The molecule has 0 spiro atoms. The van der Waals surface area contributed by atoms with Crippen LogP contribution in [0.3, 0.4) is 0 Å². The molecule has 2 amide bonds. The zero-order valence-corrected chi connectivity index (χ0v) is 14.0. The summed E-state index contributed by atoms with van der Waals surface area (Å²) in [6, 6.07) is 3.89. The summed E-state index contributed by atoms with van der Waals surface area (Å²) in [4.78, 5) is 24.1. The number of carboxylic acids is 1. The van der Waals surface area contributed by atoms with Gasteiger partial charge < -0.3 is 15.3 Å². The molecule has 140 valence electrons. The molecule has 1 heterocycles. The highest BCUT2D eigenvalue weighted by Gasteiger charge is 2.30. The fourth-order valence-corrected chi connectivity index (χ4v) is 2.12. The Morgan fingerprint density at radius 2 is 1.92 bits per heavy atom. The van der Waals surface area contributed by atoms with Gasteiger partial charge in [0.2, 0.25) is 0 Å². The highest BCUT2D eigenvalue weighted by atomic mass is 19.4. The van der Waals surface area contributed by atoms with Crippen LogP contribution >= 0.6 is 0 Å². The van der Waals surface area contributed by atoms with Crippen molar-refractivity contribution in [3.63, 3.8) is 0 Å². The molecule has 0 saturated heterocycles. The van der Waals surface area contributed by atoms with E-state index < -0.39 is 29.7 Å². The predicted molar refractivity (Wildman–Crippen MR) is 87.0 cm³/mol. The maximum Gasteiger partial charge on any atom is 0.416 e. The minimum absolute atomic E-state index is 0.0220. The van der Waals surface area contributed by atoms with Crippen molar-refractivity contribution in [2.75, 3.05) is 18.9 Å². The third-order valence-corrected chi connectivity index (χ3v) is 3.61. The van der Waals surface area contributed by atoms with Crippen molar-refractivity contribution in [2.24, 2.45) is 5.92 Å². The number of nitrogens with zero attached hydrogens (tertiary/aromatic N) is 3. The minimum atomic E-state index is -4.42. The standard InChI is InChI=1S/C16H17F3N4O3/c1-10(14(24)25)8-22(2)15(26)21-12-7-20-23(9-12)13-5-3-11(4-6-13)16(17,18)19/h3-7,9-10H,8H2,1-2H3,(H,21,26)(H,24,25). The second-order valence-corrected chi connectivity index (χ2v) is 5.77. The topological polar surface area (TPSA) is 87.5 Å². The number of halogens is 3. The summed E-state index contributed by atoms with van der Waals surface area (Å²) in [5.41, 5.74) is -0.0489. The van der Waals surface area contributed by atoms with Gasteiger partial charge in [-0.2, -0.15) is 18.3 Å². The number of nitrogens with one attached hydrogen (secondary N) is 1. The second kappa shape index (κ2) is 7.46. The number of benzene rings is 1. The Bertz CT molecular complexity index is 787. The Morgan fingerprint density at radius 3 is 2.46 bits per heavy atom. The molecule has 1 aromatic heterocycles. The molecule has 2 rings (SSSR count). The summed E-state index contributed by atoms with van der Waals surface area (Å²) in [7, 11) is 1.45. The van der Waals surface area contributed by atoms with Crippen molar-refractivity contribution >= 4 is 17.7 Å². The number of urea groups is 1. The number of rotatable bonds is 5. The first-order valence-electron chi connectivity index (χ1n) is 7.55. The van der Waals surface area contributed by atoms with E-state index in [2.05, 4.69) is 10.4 Å². The molecule has 0 aliphatic heterocycles. The van der Waals surface area contributed by atoms with Crippen LogP contribution < -0.4 is 5.32 Å². The van der Waals surface area contributed by atoms with Gasteiger partial charge in [0.1, 0.15) is 0 Å². The third kappa shape index (κ3) is 4.74. The van der Waals surface area contributed by atoms with E-state index in [0.29, 0.717) is 11.4 Å². The summed E-state index contributed by atoms with van der Waals surface area (Å²) < 4.78 is 39.0. The van der Waals surface area contributed by atoms with Crippen LogP contribution in [-0.2, 0) is 11.0 Å². The van der Waals surface area contributed by atoms with E-state index in [0.717, 1.165) is 12.1 Å². The summed E-state index contributed by atoms with van der Waals surface area (Å²) in [6.45, 7) is 1.50. The van der Waals surface area contributed by atoms with Crippen LogP contribution in [0.4, 0.5) is 23.7 Å². The highest BCUT2D eigenvalue weighted by Crippen LogP contribution is 2.29. The maximum absolute atomic E-state index is 12.6. The fourth-order valence-electron chi connectivity index (χ4n) is 2.12. The van der Waals surface area contributed by atoms with Gasteiger partial charge in [0.05, 0.1) is 35.2 Å². The van der Waals surface area contributed by atoms with E-state index in [4.69, 9.17) is 5.11 Å². The molecule has 0 bridgehead atoms. The van der Waals surface area contributed by atoms with Crippen molar-refractivity contribution < 1.29 is 27.9 Å². The van der Waals surface area contributed by atoms with Gasteiger partial charge in [-0.1, -0.05) is 6.92 Å². The second-order valence-electron chi connectivity index (χ2n) is 5.77. The molecule has 2 N–H and O–H groups in total. The average molecular weight is 370 g/mol. The molecule has 7 nitrogen and oxygen atoms in total. The molecule has 0 aliphatic carbocycles. The summed E-state index contributed by atoms with van der Waals surface area (Å²) in [5, 5.41) is 15.4. The lowest BCUT2D eigenvalue weighted by Gasteiger charge is -2.19. The Morgan fingerprint density at radius 1 is 1.31 bits per heavy atom. The van der Waals surface area contributed by atoms with Gasteiger partial charge in [0.15, 0.2) is 0 Å². The SMILES string of the molecule is CC(CN(C)C(=O)Nc1cnn(-c2ccc(C(F)(F)F)cc2)c1)C(=O)O. The van der Waals surface area contributed by atoms with E-state index in [1.165, 1.54) is 48.1 Å². The molecular formula is C16H17F3N4O3. The first-order valence-corrected chi connectivity index (χ1v) is 7.55. The molecule has 0 saturated carbocycles. The normalized spacial score (nSPS) is 12.5. The van der Waals surface area contributed by atoms with Crippen LogP contribution in [0.1, 0.15) is 12.5 Å². The molecule has 1 unspecified atom stereocenters. The number of aliphatic carboxylic acids is 1. The van der Waals surface area contributed by atoms with Crippen molar-refractivity contribution in [1.82, 2.24) is 14.7 Å². The summed E-state index contributed by atoms with van der Waals surface area (Å²) in [6.07, 6.45) is -1.64. The van der Waals surface area contributed by atoms with Crippen molar-refractivity contribution in [1.29, 1.82) is 0 Å². The Balaban J connectivity index is 2.03. The lowest BCUT2D eigenvalue weighted by Crippen LogP contribution is -2.36. The molecule has 1 aromatic carbocycles. The van der Waals surface area contributed by atoms with Crippen molar-refractivity contribution in [3.05, 3.63) is 42.2 Å². The van der Waals surface area contributed by atoms with Crippen LogP contribution in [0, 0.1) is 5.92 Å². The molecule has 0 aliphatic rings. The number of alkyl halides is 3. The van der Waals surface area contributed by atoms with E-state index in [1.54, 1.807) is 0 Å². The van der Waals surface area contributed by atoms with Gasteiger partial charge in [0, 0.05) is 13.6 Å². The Kier molecular flexibility index (Phi) is 5.53. The number of anilines is 1. The number of carboxylic acid groups (broad SMARTS) is 1. The first kappa shape index (κ1) is 19.3. The van der Waals surface area contributed by atoms with E-state index in [-0.39, 0.29) is 6.54 Å². The zero-order valence-electron chi connectivity index (χ0n) is 14.0. The van der Waals surface area contributed by atoms with Gasteiger partial charge in [0.25, 0.3) is 0 Å². The number of aromatic nitrogens is 2. The molecule has 26 heavy (non-hydrogen) atoms. The molecule has 10 heteroatoms. The van der Waals surface area contributed by atoms with Crippen LogP contribution in [0.5, 0.6) is 0 Å². The zero-order chi connectivity index (χ0) is 19.5. The number of hydrogen-bond donors (Lipinski definition) is 2. The number of carbonyl (C=O) groups is 2. The molecule has 2 aromatic rings. The lowest BCUT2D eigenvalue weighted by molar-refractivity contribution is -0.141. The fraction of sp³-hybridized carbons (Fsp3) is 0.312. The third-order valence-electron chi connectivity index (χ3n) is 3.61. The summed E-state index contributed by atoms with van der Waals surface area (Å²) in [5.74, 6) is -1.74. The molecule has 0 radical (unpaired) electrons. The Labute approximate surface area is 147 Å². The number of amides is 2. The van der Waals surface area contributed by atoms with Crippen molar-refractivity contribution in [3.8, 4) is 5.69 Å². The van der Waals surface area contributed by atoms with E-state index >= 15 is 0 Å². The van der Waals surface area contributed by atoms with Crippen LogP contribution in [0.2, 0.25) is 0 Å². The first-order chi connectivity index (χ1) is 12.1. The van der Waals surface area contributed by atoms with Gasteiger partial charge in [-0.05, 0) is 24.3 Å². The highest BCUT2D eigenvalue weighted by molar-refractivity contribution is 5.89. The lowest BCUT2D eigenvalue weighted by atomic mass is 10.2. The van der Waals surface area contributed by atoms with Gasteiger partial charge in [-0.3, -0.25) is 4.79 Å². The Hall–Kier alpha value is -3.04. The predicted octanol–water partition coefficient (Wildman–Crippen LogP) is 3.08. The van der Waals surface area contributed by atoms with Gasteiger partial charge in [-0.25, -0.2) is 9.48 Å². The summed E-state index contributed by atoms with van der Waals surface area (Å²) >= 11 is 0. The van der Waals surface area contributed by atoms with Crippen LogP contribution in [0.25, 0.3) is 5.69 Å². The maximum atomic E-state index is 12.6. The number of carbonyl (C=O) groups excluding carboxylic acids is 1. The molecule has 1 atom stereocenters. The van der Waals surface area contributed by atoms with Crippen LogP contribution in [0.15, 0.2) is 36.7 Å². The monoisotopic (exact) mass is 370 g/mol. The van der Waals surface area contributed by atoms with Crippen molar-refractivity contribution in [2.45, 2.75) is 13.1 Å². The average Bonchev–Trinajstić information content (AvgIpc) is 3.02. The van der Waals surface area contributed by atoms with E-state index in [1.807, 2.05) is 0 Å². The molecule has 0 fully saturated rings. The molecular weight excluding hydrogens is 353 g/mol. The quantitative estimate of drug-likeness (QED) is 0.847. The van der Waals surface area contributed by atoms with E-state index in [9.17, 15) is 22.8 Å². The largest absolute Gasteiger partial charge is 0.481 e. The van der Waals surface area contributed by atoms with Gasteiger partial charge in [-0.15, -0.1) is 0 Å². The van der Waals surface area contributed by atoms with Gasteiger partial charge >= 0.3 is 18.2 Å². The number of hydrogen-bond acceptors (Lipinski definition) is 3. The van der Waals surface area contributed by atoms with Crippen LogP contribution in [-0.4, -0.2) is 45.4 Å².